The highest BCUT2D eigenvalue weighted by molar-refractivity contribution is 4.86. The molecule has 0 bridgehead atoms. The molecule has 0 amide bonds. The van der Waals surface area contributed by atoms with Crippen LogP contribution in [0.2, 0.25) is 0 Å². The largest absolute Gasteiger partial charge is 0.391 e. The van der Waals surface area contributed by atoms with Gasteiger partial charge in [-0.2, -0.15) is 0 Å². The summed E-state index contributed by atoms with van der Waals surface area (Å²) in [6, 6.07) is 0.249. The molecule has 15 heavy (non-hydrogen) atoms. The Hall–Kier alpha value is -0.120. The Labute approximate surface area is 92.4 Å². The third kappa shape index (κ3) is 3.16. The fourth-order valence-corrected chi connectivity index (χ4v) is 2.37. The van der Waals surface area contributed by atoms with Crippen molar-refractivity contribution in [1.82, 2.24) is 4.90 Å². The monoisotopic (exact) mass is 213 g/mol. The van der Waals surface area contributed by atoms with Gasteiger partial charge in [-0.15, -0.1) is 0 Å². The minimum absolute atomic E-state index is 0.177. The molecule has 0 spiro atoms. The van der Waals surface area contributed by atoms with Gasteiger partial charge in [0.2, 0.25) is 0 Å². The van der Waals surface area contributed by atoms with E-state index < -0.39 is 0 Å². The normalized spacial score (nSPS) is 32.2. The zero-order valence-electron chi connectivity index (χ0n) is 9.69. The van der Waals surface area contributed by atoms with Gasteiger partial charge < -0.3 is 9.84 Å². The van der Waals surface area contributed by atoms with Gasteiger partial charge in [-0.3, -0.25) is 4.90 Å². The highest BCUT2D eigenvalue weighted by atomic mass is 16.5. The maximum atomic E-state index is 9.98. The van der Waals surface area contributed by atoms with Crippen LogP contribution in [0, 0.1) is 5.92 Å². The van der Waals surface area contributed by atoms with Gasteiger partial charge in [0.25, 0.3) is 0 Å². The quantitative estimate of drug-likeness (QED) is 0.746. The van der Waals surface area contributed by atoms with E-state index in [2.05, 4.69) is 11.8 Å². The Morgan fingerprint density at radius 1 is 1.33 bits per heavy atom. The van der Waals surface area contributed by atoms with Gasteiger partial charge in [-0.25, -0.2) is 0 Å². The number of hydrogen-bond donors (Lipinski definition) is 1. The van der Waals surface area contributed by atoms with E-state index in [1.165, 1.54) is 19.4 Å². The minimum Gasteiger partial charge on any atom is -0.391 e. The van der Waals surface area contributed by atoms with Gasteiger partial charge in [0.15, 0.2) is 0 Å². The van der Waals surface area contributed by atoms with Gasteiger partial charge in [0.1, 0.15) is 0 Å². The fraction of sp³-hybridized carbons (Fsp3) is 1.00. The van der Waals surface area contributed by atoms with Gasteiger partial charge >= 0.3 is 0 Å². The molecule has 2 rings (SSSR count). The topological polar surface area (TPSA) is 32.7 Å². The van der Waals surface area contributed by atoms with Crippen molar-refractivity contribution in [2.75, 3.05) is 26.3 Å². The summed E-state index contributed by atoms with van der Waals surface area (Å²) in [4.78, 5) is 2.45. The van der Waals surface area contributed by atoms with Gasteiger partial charge in [0.05, 0.1) is 18.8 Å². The molecule has 1 saturated heterocycles. The first-order valence-corrected chi connectivity index (χ1v) is 6.31. The van der Waals surface area contributed by atoms with Gasteiger partial charge in [-0.1, -0.05) is 6.92 Å². The van der Waals surface area contributed by atoms with E-state index in [4.69, 9.17) is 4.74 Å². The number of nitrogens with zero attached hydrogens (tertiary/aromatic N) is 1. The van der Waals surface area contributed by atoms with Crippen LogP contribution in [0.3, 0.4) is 0 Å². The summed E-state index contributed by atoms with van der Waals surface area (Å²) < 4.78 is 5.48. The first kappa shape index (κ1) is 11.4. The van der Waals surface area contributed by atoms with Gasteiger partial charge in [-0.05, 0) is 38.1 Å². The molecule has 0 aromatic heterocycles. The third-order valence-corrected chi connectivity index (χ3v) is 3.46. The number of hydrogen-bond acceptors (Lipinski definition) is 3. The number of rotatable bonds is 5. The van der Waals surface area contributed by atoms with Crippen molar-refractivity contribution in [1.29, 1.82) is 0 Å². The van der Waals surface area contributed by atoms with E-state index in [9.17, 15) is 5.11 Å². The molecular formula is C12H23NO2. The highest BCUT2D eigenvalue weighted by Crippen LogP contribution is 2.31. The first-order valence-electron chi connectivity index (χ1n) is 6.31. The maximum Gasteiger partial charge on any atom is 0.0739 e. The van der Waals surface area contributed by atoms with Crippen molar-refractivity contribution in [2.24, 2.45) is 5.92 Å². The summed E-state index contributed by atoms with van der Waals surface area (Å²) >= 11 is 0. The second-order valence-electron chi connectivity index (χ2n) is 4.94. The summed E-state index contributed by atoms with van der Waals surface area (Å²) in [6.07, 6.45) is 4.54. The Bertz CT molecular complexity index is 194. The lowest BCUT2D eigenvalue weighted by molar-refractivity contribution is -0.0624. The maximum absolute atomic E-state index is 9.98. The molecule has 2 aliphatic rings. The summed E-state index contributed by atoms with van der Waals surface area (Å²) in [5, 5.41) is 9.98. The van der Waals surface area contributed by atoms with Crippen molar-refractivity contribution in [2.45, 2.75) is 44.8 Å². The Morgan fingerprint density at radius 2 is 2.13 bits per heavy atom. The Balaban J connectivity index is 1.88. The van der Waals surface area contributed by atoms with E-state index in [-0.39, 0.29) is 12.1 Å². The molecule has 0 radical (unpaired) electrons. The molecule has 2 fully saturated rings. The van der Waals surface area contributed by atoms with E-state index in [1.54, 1.807) is 0 Å². The lowest BCUT2D eigenvalue weighted by Crippen LogP contribution is -2.50. The average Bonchev–Trinajstić information content (AvgIpc) is 3.02. The predicted molar refractivity (Wildman–Crippen MR) is 59.8 cm³/mol. The van der Waals surface area contributed by atoms with Crippen LogP contribution in [-0.4, -0.2) is 48.5 Å². The molecule has 1 aliphatic carbocycles. The molecule has 0 aromatic carbocycles. The number of aliphatic hydroxyl groups excluding tert-OH is 1. The molecular weight excluding hydrogens is 190 g/mol. The van der Waals surface area contributed by atoms with E-state index in [0.717, 1.165) is 31.9 Å². The van der Waals surface area contributed by atoms with E-state index >= 15 is 0 Å². The molecule has 1 aliphatic heterocycles. The second-order valence-corrected chi connectivity index (χ2v) is 4.94. The van der Waals surface area contributed by atoms with Crippen LogP contribution in [0.15, 0.2) is 0 Å². The van der Waals surface area contributed by atoms with Crippen molar-refractivity contribution < 1.29 is 9.84 Å². The summed E-state index contributed by atoms with van der Waals surface area (Å²) in [5.74, 6) is 0.894. The molecule has 3 heteroatoms. The van der Waals surface area contributed by atoms with Crippen molar-refractivity contribution in [3.8, 4) is 0 Å². The second kappa shape index (κ2) is 5.28. The molecule has 3 nitrogen and oxygen atoms in total. The van der Waals surface area contributed by atoms with Crippen LogP contribution in [-0.2, 0) is 4.74 Å². The van der Waals surface area contributed by atoms with Crippen LogP contribution in [0.4, 0.5) is 0 Å². The van der Waals surface area contributed by atoms with Crippen LogP contribution in [0.1, 0.15) is 32.6 Å². The Kier molecular flexibility index (Phi) is 4.00. The zero-order valence-corrected chi connectivity index (χ0v) is 9.69. The molecule has 1 heterocycles. The van der Waals surface area contributed by atoms with E-state index in [1.807, 2.05) is 0 Å². The van der Waals surface area contributed by atoms with Crippen LogP contribution in [0.25, 0.3) is 0 Å². The van der Waals surface area contributed by atoms with Crippen LogP contribution in [0.5, 0.6) is 0 Å². The third-order valence-electron chi connectivity index (χ3n) is 3.46. The van der Waals surface area contributed by atoms with E-state index in [0.29, 0.717) is 6.61 Å². The highest BCUT2D eigenvalue weighted by Gasteiger charge is 2.32. The molecule has 0 aromatic rings. The molecule has 2 atom stereocenters. The average molecular weight is 213 g/mol. The van der Waals surface area contributed by atoms with Gasteiger partial charge in [0, 0.05) is 13.2 Å². The van der Waals surface area contributed by atoms with Crippen LogP contribution < -0.4 is 0 Å². The van der Waals surface area contributed by atoms with Crippen LogP contribution >= 0.6 is 0 Å². The lowest BCUT2D eigenvalue weighted by atomic mass is 10.0. The van der Waals surface area contributed by atoms with Crippen molar-refractivity contribution >= 4 is 0 Å². The smallest absolute Gasteiger partial charge is 0.0739 e. The number of ether oxygens (including phenoxy) is 1. The minimum atomic E-state index is -0.177. The number of aliphatic hydroxyl groups is 1. The lowest BCUT2D eigenvalue weighted by Gasteiger charge is -2.37. The molecule has 2 unspecified atom stereocenters. The predicted octanol–water partition coefficient (Wildman–Crippen LogP) is 1.26. The molecule has 1 saturated carbocycles. The Morgan fingerprint density at radius 3 is 2.73 bits per heavy atom. The zero-order chi connectivity index (χ0) is 10.7. The van der Waals surface area contributed by atoms with Crippen molar-refractivity contribution in [3.63, 3.8) is 0 Å². The molecule has 88 valence electrons. The van der Waals surface area contributed by atoms with Crippen molar-refractivity contribution in [3.05, 3.63) is 0 Å². The molecule has 1 N–H and O–H groups in total. The standard InChI is InChI=1S/C12H23NO2/c1-2-6-13(8-10-3-4-10)11-9-15-7-5-12(11)14/h10-12,14H,2-9H2,1H3. The SMILES string of the molecule is CCCN(CC1CC1)C1COCCC1O. The first-order chi connectivity index (χ1) is 7.31. The summed E-state index contributed by atoms with van der Waals surface area (Å²) in [7, 11) is 0. The summed E-state index contributed by atoms with van der Waals surface area (Å²) in [6.45, 7) is 5.91. The summed E-state index contributed by atoms with van der Waals surface area (Å²) in [5.41, 5.74) is 0. The fourth-order valence-electron chi connectivity index (χ4n) is 2.37.